The average Bonchev–Trinajstić information content (AvgIpc) is 2.88. The highest BCUT2D eigenvalue weighted by atomic mass is 16.6. The minimum Gasteiger partial charge on any atom is -0.497 e. The Morgan fingerprint density at radius 3 is 2.33 bits per heavy atom. The molecule has 1 N–H and O–H groups in total. The second kappa shape index (κ2) is 12.4. The van der Waals surface area contributed by atoms with Gasteiger partial charge in [0.25, 0.3) is 5.91 Å². The summed E-state index contributed by atoms with van der Waals surface area (Å²) in [7, 11) is 3.02. The third-order valence-corrected chi connectivity index (χ3v) is 5.27. The molecule has 0 radical (unpaired) electrons. The Morgan fingerprint density at radius 2 is 1.67 bits per heavy atom. The Morgan fingerprint density at radius 1 is 0.917 bits per heavy atom. The molecule has 0 heterocycles. The predicted molar refractivity (Wildman–Crippen MR) is 137 cm³/mol. The molecule has 0 fully saturated rings. The number of carbonyl (C=O) groups excluding carboxylic acids is 2. The van der Waals surface area contributed by atoms with Crippen LogP contribution in [-0.4, -0.2) is 38.9 Å². The molecule has 0 spiro atoms. The minimum absolute atomic E-state index is 0.163. The van der Waals surface area contributed by atoms with E-state index < -0.39 is 5.97 Å². The van der Waals surface area contributed by atoms with Crippen LogP contribution in [0.4, 0.5) is 0 Å². The molecule has 188 valence electrons. The van der Waals surface area contributed by atoms with E-state index in [1.54, 1.807) is 49.6 Å². The molecule has 3 aromatic rings. The lowest BCUT2D eigenvalue weighted by Crippen LogP contribution is -2.25. The van der Waals surface area contributed by atoms with Crippen LogP contribution in [0.15, 0.2) is 65.8 Å². The number of rotatable bonds is 10. The summed E-state index contributed by atoms with van der Waals surface area (Å²) >= 11 is 0. The summed E-state index contributed by atoms with van der Waals surface area (Å²) in [6, 6.07) is 17.5. The second-order valence-electron chi connectivity index (χ2n) is 8.31. The molecule has 3 aromatic carbocycles. The van der Waals surface area contributed by atoms with Gasteiger partial charge in [-0.25, -0.2) is 10.2 Å². The highest BCUT2D eigenvalue weighted by Gasteiger charge is 2.13. The van der Waals surface area contributed by atoms with E-state index in [-0.39, 0.29) is 24.2 Å². The number of benzene rings is 3. The Kier molecular flexibility index (Phi) is 9.05. The van der Waals surface area contributed by atoms with Gasteiger partial charge < -0.3 is 18.9 Å². The van der Waals surface area contributed by atoms with Gasteiger partial charge in [0.2, 0.25) is 0 Å². The number of hydrogen-bond acceptors (Lipinski definition) is 7. The van der Waals surface area contributed by atoms with Gasteiger partial charge in [0, 0.05) is 0 Å². The number of nitrogens with one attached hydrogen (secondary N) is 1. The Labute approximate surface area is 210 Å². The fourth-order valence-corrected chi connectivity index (χ4v) is 3.33. The molecular formula is C28H30N2O6. The number of amides is 1. The van der Waals surface area contributed by atoms with Crippen LogP contribution in [0.25, 0.3) is 0 Å². The van der Waals surface area contributed by atoms with Gasteiger partial charge in [-0.05, 0) is 78.1 Å². The number of methoxy groups -OCH3 is 2. The van der Waals surface area contributed by atoms with Gasteiger partial charge in [0.15, 0.2) is 18.1 Å². The van der Waals surface area contributed by atoms with Crippen molar-refractivity contribution in [1.82, 2.24) is 5.43 Å². The summed E-state index contributed by atoms with van der Waals surface area (Å²) in [6.07, 6.45) is 1.46. The molecule has 0 aliphatic heterocycles. The van der Waals surface area contributed by atoms with Crippen LogP contribution in [0.1, 0.15) is 46.8 Å². The largest absolute Gasteiger partial charge is 0.497 e. The Hall–Kier alpha value is -4.33. The number of hydrogen-bond donors (Lipinski definition) is 1. The van der Waals surface area contributed by atoms with Gasteiger partial charge in [-0.2, -0.15) is 5.10 Å². The smallest absolute Gasteiger partial charge is 0.343 e. The number of hydrazone groups is 1. The summed E-state index contributed by atoms with van der Waals surface area (Å²) < 4.78 is 21.6. The molecule has 1 amide bonds. The lowest BCUT2D eigenvalue weighted by atomic mass is 10.0. The Balaban J connectivity index is 1.58. The lowest BCUT2D eigenvalue weighted by molar-refractivity contribution is -0.123. The van der Waals surface area contributed by atoms with Crippen LogP contribution < -0.4 is 24.4 Å². The molecule has 0 aromatic heterocycles. The minimum atomic E-state index is -0.529. The van der Waals surface area contributed by atoms with Crippen molar-refractivity contribution in [3.8, 4) is 23.0 Å². The zero-order valence-electron chi connectivity index (χ0n) is 21.0. The van der Waals surface area contributed by atoms with Gasteiger partial charge in [-0.15, -0.1) is 0 Å². The monoisotopic (exact) mass is 490 g/mol. The summed E-state index contributed by atoms with van der Waals surface area (Å²) in [6.45, 7) is 5.95. The van der Waals surface area contributed by atoms with Crippen molar-refractivity contribution in [2.45, 2.75) is 26.7 Å². The first kappa shape index (κ1) is 26.3. The maximum atomic E-state index is 12.5. The molecule has 8 heteroatoms. The predicted octanol–water partition coefficient (Wildman–Crippen LogP) is 4.88. The van der Waals surface area contributed by atoms with Crippen molar-refractivity contribution in [1.29, 1.82) is 0 Å². The molecule has 0 aliphatic rings. The Bertz CT molecular complexity index is 1240. The standard InChI is InChI=1S/C28H30N2O6/c1-18(2)23-12-6-19(3)14-25(23)35-17-27(31)30-29-16-20-7-13-24(26(15-20)34-5)36-28(32)21-8-10-22(33-4)11-9-21/h6-16,18H,17H2,1-5H3,(H,30,31)/b29-16-. The number of esters is 1. The summed E-state index contributed by atoms with van der Waals surface area (Å²) in [4.78, 5) is 24.7. The van der Waals surface area contributed by atoms with Crippen LogP contribution in [0.2, 0.25) is 0 Å². The van der Waals surface area contributed by atoms with Gasteiger partial charge in [-0.3, -0.25) is 4.79 Å². The number of ether oxygens (including phenoxy) is 4. The van der Waals surface area contributed by atoms with E-state index in [1.165, 1.54) is 13.3 Å². The van der Waals surface area contributed by atoms with Crippen LogP contribution in [0.3, 0.4) is 0 Å². The normalized spacial score (nSPS) is 10.8. The van der Waals surface area contributed by atoms with Crippen molar-refractivity contribution in [3.63, 3.8) is 0 Å². The van der Waals surface area contributed by atoms with Gasteiger partial charge in [0.05, 0.1) is 26.0 Å². The van der Waals surface area contributed by atoms with E-state index in [1.807, 2.05) is 25.1 Å². The molecule has 0 atom stereocenters. The number of aryl methyl sites for hydroxylation is 1. The van der Waals surface area contributed by atoms with E-state index in [2.05, 4.69) is 24.4 Å². The van der Waals surface area contributed by atoms with Crippen molar-refractivity contribution in [2.24, 2.45) is 5.10 Å². The highest BCUT2D eigenvalue weighted by molar-refractivity contribution is 5.92. The van der Waals surface area contributed by atoms with Gasteiger partial charge >= 0.3 is 5.97 Å². The maximum absolute atomic E-state index is 12.5. The van der Waals surface area contributed by atoms with E-state index in [4.69, 9.17) is 18.9 Å². The molecular weight excluding hydrogens is 460 g/mol. The fourth-order valence-electron chi connectivity index (χ4n) is 3.33. The number of carbonyl (C=O) groups is 2. The van der Waals surface area contributed by atoms with E-state index in [0.29, 0.717) is 28.4 Å². The molecule has 0 aliphatic carbocycles. The van der Waals surface area contributed by atoms with Gasteiger partial charge in [-0.1, -0.05) is 26.0 Å². The SMILES string of the molecule is COc1ccc(C(=O)Oc2ccc(/C=N\NC(=O)COc3cc(C)ccc3C(C)C)cc2OC)cc1. The third-order valence-electron chi connectivity index (χ3n) is 5.27. The summed E-state index contributed by atoms with van der Waals surface area (Å²) in [5, 5.41) is 3.98. The molecule has 3 rings (SSSR count). The molecule has 0 saturated heterocycles. The number of nitrogens with zero attached hydrogens (tertiary/aromatic N) is 1. The van der Waals surface area contributed by atoms with Crippen LogP contribution in [-0.2, 0) is 4.79 Å². The van der Waals surface area contributed by atoms with Crippen LogP contribution in [0, 0.1) is 6.92 Å². The molecule has 36 heavy (non-hydrogen) atoms. The maximum Gasteiger partial charge on any atom is 0.343 e. The lowest BCUT2D eigenvalue weighted by Gasteiger charge is -2.14. The first-order valence-corrected chi connectivity index (χ1v) is 11.4. The highest BCUT2D eigenvalue weighted by Crippen LogP contribution is 2.29. The van der Waals surface area contributed by atoms with Gasteiger partial charge in [0.1, 0.15) is 11.5 Å². The van der Waals surface area contributed by atoms with E-state index in [0.717, 1.165) is 11.1 Å². The topological polar surface area (TPSA) is 95.5 Å². The molecule has 8 nitrogen and oxygen atoms in total. The van der Waals surface area contributed by atoms with Crippen LogP contribution >= 0.6 is 0 Å². The van der Waals surface area contributed by atoms with Crippen molar-refractivity contribution in [3.05, 3.63) is 82.9 Å². The fraction of sp³-hybridized carbons (Fsp3) is 0.250. The molecule has 0 saturated carbocycles. The summed E-state index contributed by atoms with van der Waals surface area (Å²) in [5.41, 5.74) is 5.55. The third kappa shape index (κ3) is 7.09. The zero-order valence-corrected chi connectivity index (χ0v) is 21.0. The van der Waals surface area contributed by atoms with Crippen molar-refractivity contribution < 1.29 is 28.5 Å². The first-order valence-electron chi connectivity index (χ1n) is 11.4. The zero-order chi connectivity index (χ0) is 26.1. The average molecular weight is 491 g/mol. The molecule has 0 unspecified atom stereocenters. The van der Waals surface area contributed by atoms with E-state index in [9.17, 15) is 9.59 Å². The van der Waals surface area contributed by atoms with Crippen molar-refractivity contribution in [2.75, 3.05) is 20.8 Å². The molecule has 0 bridgehead atoms. The van der Waals surface area contributed by atoms with Crippen molar-refractivity contribution >= 4 is 18.1 Å². The second-order valence-corrected chi connectivity index (χ2v) is 8.31. The van der Waals surface area contributed by atoms with Crippen LogP contribution in [0.5, 0.6) is 23.0 Å². The quantitative estimate of drug-likeness (QED) is 0.188. The first-order chi connectivity index (χ1) is 17.3. The summed E-state index contributed by atoms with van der Waals surface area (Å²) in [5.74, 6) is 1.28. The van der Waals surface area contributed by atoms with E-state index >= 15 is 0 Å².